The molecule has 0 bridgehead atoms. The Labute approximate surface area is 93.0 Å². The fourth-order valence-electron chi connectivity index (χ4n) is 1.04. The van der Waals surface area contributed by atoms with Crippen molar-refractivity contribution in [3.63, 3.8) is 0 Å². The van der Waals surface area contributed by atoms with Crippen molar-refractivity contribution in [3.05, 3.63) is 35.9 Å². The number of nitrogens with one attached hydrogen (secondary N) is 1. The van der Waals surface area contributed by atoms with Crippen molar-refractivity contribution in [2.45, 2.75) is 12.8 Å². The molecule has 0 fully saturated rings. The minimum absolute atomic E-state index is 0.0157. The van der Waals surface area contributed by atoms with Crippen LogP contribution in [-0.2, 0) is 20.9 Å². The van der Waals surface area contributed by atoms with Crippen LogP contribution in [0.15, 0.2) is 30.3 Å². The first-order valence-corrected chi connectivity index (χ1v) is 4.75. The van der Waals surface area contributed by atoms with Gasteiger partial charge in [0, 0.05) is 0 Å². The number of aliphatic hydroxyl groups is 1. The van der Waals surface area contributed by atoms with Crippen LogP contribution in [0.2, 0.25) is 0 Å². The number of carbonyl (C=O) groups is 2. The summed E-state index contributed by atoms with van der Waals surface area (Å²) >= 11 is 0. The van der Waals surface area contributed by atoms with Gasteiger partial charge < -0.3 is 9.84 Å². The summed E-state index contributed by atoms with van der Waals surface area (Å²) in [4.78, 5) is 22.3. The molecule has 1 atom stereocenters. The summed E-state index contributed by atoms with van der Waals surface area (Å²) in [6, 6.07) is 8.97. The lowest BCUT2D eigenvalue weighted by Gasteiger charge is -2.07. The second kappa shape index (κ2) is 5.99. The van der Waals surface area contributed by atoms with E-state index in [0.717, 1.165) is 5.56 Å². The average Bonchev–Trinajstić information content (AvgIpc) is 2.35. The second-order valence-electron chi connectivity index (χ2n) is 3.12. The molecule has 86 valence electrons. The van der Waals surface area contributed by atoms with E-state index in [1.165, 1.54) is 7.05 Å². The minimum Gasteiger partial charge on any atom is -0.455 e. The van der Waals surface area contributed by atoms with Crippen molar-refractivity contribution in [1.82, 2.24) is 5.32 Å². The lowest BCUT2D eigenvalue weighted by Crippen LogP contribution is -2.39. The fraction of sp³-hybridized carbons (Fsp3) is 0.273. The average molecular weight is 223 g/mol. The van der Waals surface area contributed by atoms with Crippen LogP contribution >= 0.6 is 0 Å². The molecule has 1 aromatic carbocycles. The number of hydrogen-bond acceptors (Lipinski definition) is 5. The number of ketones is 1. The summed E-state index contributed by atoms with van der Waals surface area (Å²) in [7, 11) is 1.37. The second-order valence-corrected chi connectivity index (χ2v) is 3.12. The van der Waals surface area contributed by atoms with Crippen LogP contribution in [0.4, 0.5) is 0 Å². The van der Waals surface area contributed by atoms with Gasteiger partial charge in [-0.25, -0.2) is 4.79 Å². The van der Waals surface area contributed by atoms with E-state index in [0.29, 0.717) is 0 Å². The van der Waals surface area contributed by atoms with Gasteiger partial charge in [0.05, 0.1) is 0 Å². The molecule has 2 N–H and O–H groups in total. The van der Waals surface area contributed by atoms with Crippen molar-refractivity contribution >= 4 is 11.8 Å². The van der Waals surface area contributed by atoms with E-state index < -0.39 is 18.0 Å². The zero-order chi connectivity index (χ0) is 12.0. The Balaban J connectivity index is 2.44. The third-order valence-electron chi connectivity index (χ3n) is 1.94. The molecular formula is C11H13NO4. The number of carbonyl (C=O) groups excluding carboxylic acids is 2. The van der Waals surface area contributed by atoms with E-state index in [2.05, 4.69) is 5.32 Å². The van der Waals surface area contributed by atoms with Crippen molar-refractivity contribution in [3.8, 4) is 0 Å². The van der Waals surface area contributed by atoms with Gasteiger partial charge in [-0.05, 0) is 12.6 Å². The Hall–Kier alpha value is -1.72. The van der Waals surface area contributed by atoms with Gasteiger partial charge in [0.2, 0.25) is 0 Å². The van der Waals surface area contributed by atoms with Gasteiger partial charge in [-0.2, -0.15) is 0 Å². The van der Waals surface area contributed by atoms with Gasteiger partial charge in [0.1, 0.15) is 6.61 Å². The molecule has 0 heterocycles. The summed E-state index contributed by atoms with van der Waals surface area (Å²) < 4.78 is 4.72. The topological polar surface area (TPSA) is 75.6 Å². The highest BCUT2D eigenvalue weighted by Gasteiger charge is 2.22. The number of Topliss-reactive ketones (excluding diaryl/α,β-unsaturated/α-hetero) is 1. The number of esters is 1. The normalized spacial score (nSPS) is 11.9. The van der Waals surface area contributed by atoms with E-state index in [-0.39, 0.29) is 6.61 Å². The van der Waals surface area contributed by atoms with Crippen molar-refractivity contribution in [1.29, 1.82) is 0 Å². The largest absolute Gasteiger partial charge is 0.455 e. The molecule has 1 rings (SSSR count). The van der Waals surface area contributed by atoms with Crippen LogP contribution in [0.5, 0.6) is 0 Å². The van der Waals surface area contributed by atoms with Crippen LogP contribution in [-0.4, -0.2) is 30.1 Å². The predicted molar refractivity (Wildman–Crippen MR) is 56.3 cm³/mol. The molecule has 0 aliphatic heterocycles. The molecule has 5 heteroatoms. The molecule has 0 saturated carbocycles. The monoisotopic (exact) mass is 223 g/mol. The lowest BCUT2D eigenvalue weighted by molar-refractivity contribution is -0.159. The number of aliphatic hydroxyl groups excluding tert-OH is 1. The summed E-state index contributed by atoms with van der Waals surface area (Å²) in [5.41, 5.74) is 0.780. The van der Waals surface area contributed by atoms with Crippen LogP contribution < -0.4 is 5.32 Å². The zero-order valence-corrected chi connectivity index (χ0v) is 8.84. The molecule has 16 heavy (non-hydrogen) atoms. The Morgan fingerprint density at radius 2 is 2.00 bits per heavy atom. The van der Waals surface area contributed by atoms with E-state index in [1.54, 1.807) is 24.3 Å². The first-order valence-electron chi connectivity index (χ1n) is 4.75. The highest BCUT2D eigenvalue weighted by molar-refractivity contribution is 6.35. The van der Waals surface area contributed by atoms with Gasteiger partial charge in [-0.3, -0.25) is 10.1 Å². The Morgan fingerprint density at radius 3 is 2.56 bits per heavy atom. The van der Waals surface area contributed by atoms with Crippen LogP contribution in [0.25, 0.3) is 0 Å². The third kappa shape index (κ3) is 3.45. The fourth-order valence-corrected chi connectivity index (χ4v) is 1.04. The van der Waals surface area contributed by atoms with Gasteiger partial charge in [0.15, 0.2) is 6.23 Å². The zero-order valence-electron chi connectivity index (χ0n) is 8.84. The molecule has 0 aliphatic carbocycles. The molecule has 0 saturated heterocycles. The molecule has 0 aromatic heterocycles. The highest BCUT2D eigenvalue weighted by atomic mass is 16.5. The summed E-state index contributed by atoms with van der Waals surface area (Å²) in [6.07, 6.45) is -1.51. The predicted octanol–water partition coefficient (Wildman–Crippen LogP) is -0.163. The van der Waals surface area contributed by atoms with E-state index in [1.807, 2.05) is 6.07 Å². The SMILES string of the molecule is CNC(O)C(=O)C(=O)OCc1ccccc1. The van der Waals surface area contributed by atoms with Gasteiger partial charge in [-0.1, -0.05) is 30.3 Å². The van der Waals surface area contributed by atoms with Gasteiger partial charge in [-0.15, -0.1) is 0 Å². The molecule has 0 amide bonds. The Morgan fingerprint density at radius 1 is 1.38 bits per heavy atom. The Bertz CT molecular complexity index is 364. The molecular weight excluding hydrogens is 210 g/mol. The smallest absolute Gasteiger partial charge is 0.379 e. The van der Waals surface area contributed by atoms with Crippen molar-refractivity contribution in [2.75, 3.05) is 7.05 Å². The summed E-state index contributed by atoms with van der Waals surface area (Å²) in [5.74, 6) is -2.05. The maximum atomic E-state index is 11.1. The summed E-state index contributed by atoms with van der Waals surface area (Å²) in [5, 5.41) is 11.3. The number of hydrogen-bond donors (Lipinski definition) is 2. The van der Waals surface area contributed by atoms with E-state index >= 15 is 0 Å². The van der Waals surface area contributed by atoms with Gasteiger partial charge in [0.25, 0.3) is 5.78 Å². The molecule has 0 radical (unpaired) electrons. The van der Waals surface area contributed by atoms with E-state index in [9.17, 15) is 9.59 Å². The van der Waals surface area contributed by atoms with Crippen LogP contribution in [0.3, 0.4) is 0 Å². The number of benzene rings is 1. The molecule has 1 aromatic rings. The van der Waals surface area contributed by atoms with Crippen molar-refractivity contribution < 1.29 is 19.4 Å². The highest BCUT2D eigenvalue weighted by Crippen LogP contribution is 2.01. The van der Waals surface area contributed by atoms with Gasteiger partial charge >= 0.3 is 5.97 Å². The minimum atomic E-state index is -1.51. The third-order valence-corrected chi connectivity index (χ3v) is 1.94. The summed E-state index contributed by atoms with van der Waals surface area (Å²) in [6.45, 7) is 0.0157. The maximum Gasteiger partial charge on any atom is 0.379 e. The molecule has 0 spiro atoms. The number of ether oxygens (including phenoxy) is 1. The molecule has 0 aliphatic rings. The number of likely N-dealkylation sites (N-methyl/N-ethyl adjacent to an activating group) is 1. The quantitative estimate of drug-likeness (QED) is 0.412. The van der Waals surface area contributed by atoms with Crippen LogP contribution in [0.1, 0.15) is 5.56 Å². The van der Waals surface area contributed by atoms with Crippen molar-refractivity contribution in [2.24, 2.45) is 0 Å². The van der Waals surface area contributed by atoms with E-state index in [4.69, 9.17) is 9.84 Å². The Kier molecular flexibility index (Phi) is 4.63. The first kappa shape index (κ1) is 12.4. The lowest BCUT2D eigenvalue weighted by atomic mass is 10.2. The van der Waals surface area contributed by atoms with Crippen LogP contribution in [0, 0.1) is 0 Å². The molecule has 5 nitrogen and oxygen atoms in total. The maximum absolute atomic E-state index is 11.1. The molecule has 1 unspecified atom stereocenters. The standard InChI is InChI=1S/C11H13NO4/c1-12-10(14)9(13)11(15)16-7-8-5-3-2-4-6-8/h2-6,10,12,14H,7H2,1H3. The number of rotatable bonds is 5. The first-order chi connectivity index (χ1) is 7.65.